The summed E-state index contributed by atoms with van der Waals surface area (Å²) in [5.41, 5.74) is 4.55. The number of hydrogen-bond acceptors (Lipinski definition) is 4. The average Bonchev–Trinajstić information content (AvgIpc) is 3.33. The second-order valence-corrected chi connectivity index (χ2v) is 8.60. The molecule has 2 amide bonds. The summed E-state index contributed by atoms with van der Waals surface area (Å²) < 4.78 is 5.50. The van der Waals surface area contributed by atoms with Gasteiger partial charge in [-0.15, -0.1) is 0 Å². The van der Waals surface area contributed by atoms with E-state index in [0.29, 0.717) is 0 Å². The van der Waals surface area contributed by atoms with E-state index in [4.69, 9.17) is 9.84 Å². The molecule has 0 heterocycles. The highest BCUT2D eigenvalue weighted by Gasteiger charge is 2.32. The molecule has 32 heavy (non-hydrogen) atoms. The maximum atomic E-state index is 12.5. The van der Waals surface area contributed by atoms with Gasteiger partial charge in [-0.05, 0) is 47.9 Å². The third-order valence-electron chi connectivity index (χ3n) is 6.49. The van der Waals surface area contributed by atoms with Crippen LogP contribution in [-0.4, -0.2) is 41.8 Å². The lowest BCUT2D eigenvalue weighted by atomic mass is 9.98. The van der Waals surface area contributed by atoms with Gasteiger partial charge in [0, 0.05) is 12.0 Å². The Morgan fingerprint density at radius 1 is 1.03 bits per heavy atom. The lowest BCUT2D eigenvalue weighted by Crippen LogP contribution is -2.49. The van der Waals surface area contributed by atoms with Crippen LogP contribution in [0.5, 0.6) is 0 Å². The van der Waals surface area contributed by atoms with Crippen LogP contribution in [0.3, 0.4) is 0 Å². The van der Waals surface area contributed by atoms with Gasteiger partial charge in [0.2, 0.25) is 5.91 Å². The van der Waals surface area contributed by atoms with Gasteiger partial charge in [-0.2, -0.15) is 0 Å². The lowest BCUT2D eigenvalue weighted by molar-refractivity contribution is -0.138. The van der Waals surface area contributed by atoms with Crippen molar-refractivity contribution >= 4 is 18.0 Å². The number of carboxylic acid groups (broad SMARTS) is 1. The number of carbonyl (C=O) groups is 3. The van der Waals surface area contributed by atoms with Gasteiger partial charge < -0.3 is 20.5 Å². The standard InChI is InChI=1S/C25H28N2O5/c1-15(24(30)27-22-12-6-7-16(22)13-23(28)29)26-25(31)32-14-21-19-10-4-2-8-17(19)18-9-3-5-11-20(18)21/h2-5,8-11,15-16,21-22H,6-7,12-14H2,1H3,(H,26,31)(H,27,30)(H,28,29)/t15-,16+,22-/m1/s1. The van der Waals surface area contributed by atoms with E-state index in [1.807, 2.05) is 36.4 Å². The molecule has 3 atom stereocenters. The van der Waals surface area contributed by atoms with Crippen LogP contribution < -0.4 is 10.6 Å². The van der Waals surface area contributed by atoms with Crippen molar-refractivity contribution in [2.75, 3.05) is 6.61 Å². The number of alkyl carbamates (subject to hydrolysis) is 1. The lowest BCUT2D eigenvalue weighted by Gasteiger charge is -2.22. The summed E-state index contributed by atoms with van der Waals surface area (Å²) in [6.07, 6.45) is 1.81. The highest BCUT2D eigenvalue weighted by atomic mass is 16.5. The minimum atomic E-state index is -0.860. The molecular formula is C25H28N2O5. The van der Waals surface area contributed by atoms with Crippen molar-refractivity contribution in [1.29, 1.82) is 0 Å². The summed E-state index contributed by atoms with van der Waals surface area (Å²) in [4.78, 5) is 35.9. The first-order chi connectivity index (χ1) is 15.4. The molecule has 168 valence electrons. The van der Waals surface area contributed by atoms with Crippen molar-refractivity contribution in [3.05, 3.63) is 59.7 Å². The molecule has 2 aliphatic rings. The van der Waals surface area contributed by atoms with Crippen LogP contribution >= 0.6 is 0 Å². The van der Waals surface area contributed by atoms with Crippen molar-refractivity contribution < 1.29 is 24.2 Å². The van der Waals surface area contributed by atoms with Crippen LogP contribution in [0, 0.1) is 5.92 Å². The minimum Gasteiger partial charge on any atom is -0.481 e. The predicted octanol–water partition coefficient (Wildman–Crippen LogP) is 3.67. The third-order valence-corrected chi connectivity index (χ3v) is 6.49. The van der Waals surface area contributed by atoms with Gasteiger partial charge in [-0.1, -0.05) is 55.0 Å². The van der Waals surface area contributed by atoms with Crippen molar-refractivity contribution in [3.8, 4) is 11.1 Å². The number of amides is 2. The smallest absolute Gasteiger partial charge is 0.407 e. The second kappa shape index (κ2) is 9.42. The molecule has 0 bridgehead atoms. The number of rotatable bonds is 7. The van der Waals surface area contributed by atoms with Crippen molar-refractivity contribution in [1.82, 2.24) is 10.6 Å². The number of nitrogens with one attached hydrogen (secondary N) is 2. The molecule has 0 unspecified atom stereocenters. The molecule has 2 aromatic carbocycles. The molecule has 0 aromatic heterocycles. The molecule has 1 saturated carbocycles. The molecule has 0 saturated heterocycles. The number of aliphatic carboxylic acids is 1. The Morgan fingerprint density at radius 3 is 2.28 bits per heavy atom. The van der Waals surface area contributed by atoms with E-state index in [1.165, 1.54) is 0 Å². The highest BCUT2D eigenvalue weighted by Crippen LogP contribution is 2.44. The van der Waals surface area contributed by atoms with Gasteiger partial charge in [0.05, 0.1) is 6.42 Å². The van der Waals surface area contributed by atoms with E-state index in [9.17, 15) is 14.4 Å². The number of hydrogen-bond donors (Lipinski definition) is 3. The first kappa shape index (κ1) is 21.9. The van der Waals surface area contributed by atoms with Gasteiger partial charge in [0.15, 0.2) is 0 Å². The molecule has 4 rings (SSSR count). The fraction of sp³-hybridized carbons (Fsp3) is 0.400. The Kier molecular flexibility index (Phi) is 6.44. The van der Waals surface area contributed by atoms with Crippen LogP contribution in [0.1, 0.15) is 49.7 Å². The predicted molar refractivity (Wildman–Crippen MR) is 119 cm³/mol. The van der Waals surface area contributed by atoms with Crippen LogP contribution in [0.4, 0.5) is 4.79 Å². The summed E-state index contributed by atoms with van der Waals surface area (Å²) in [5, 5.41) is 14.5. The fourth-order valence-corrected chi connectivity index (χ4v) is 4.89. The first-order valence-corrected chi connectivity index (χ1v) is 11.1. The molecule has 7 nitrogen and oxygen atoms in total. The first-order valence-electron chi connectivity index (χ1n) is 11.1. The summed E-state index contributed by atoms with van der Waals surface area (Å²) in [5.74, 6) is -1.31. The SMILES string of the molecule is C[C@@H](NC(=O)OCC1c2ccccc2-c2ccccc21)C(=O)N[C@@H]1CCC[C@H]1CC(=O)O. The van der Waals surface area contributed by atoms with E-state index in [0.717, 1.165) is 41.5 Å². The molecule has 2 aromatic rings. The molecule has 7 heteroatoms. The highest BCUT2D eigenvalue weighted by molar-refractivity contribution is 5.85. The normalized spacial score (nSPS) is 20.2. The maximum Gasteiger partial charge on any atom is 0.407 e. The Bertz CT molecular complexity index is 975. The Labute approximate surface area is 187 Å². The number of ether oxygens (including phenoxy) is 1. The second-order valence-electron chi connectivity index (χ2n) is 8.60. The van der Waals surface area contributed by atoms with E-state index < -0.39 is 18.1 Å². The van der Waals surface area contributed by atoms with Gasteiger partial charge in [-0.3, -0.25) is 9.59 Å². The van der Waals surface area contributed by atoms with E-state index in [1.54, 1.807) is 6.92 Å². The summed E-state index contributed by atoms with van der Waals surface area (Å²) >= 11 is 0. The quantitative estimate of drug-likeness (QED) is 0.614. The topological polar surface area (TPSA) is 105 Å². The van der Waals surface area contributed by atoms with Crippen molar-refractivity contribution in [2.24, 2.45) is 5.92 Å². The zero-order chi connectivity index (χ0) is 22.7. The van der Waals surface area contributed by atoms with Crippen LogP contribution in [-0.2, 0) is 14.3 Å². The Balaban J connectivity index is 1.31. The van der Waals surface area contributed by atoms with Crippen LogP contribution in [0.2, 0.25) is 0 Å². The zero-order valence-corrected chi connectivity index (χ0v) is 18.0. The number of carboxylic acids is 1. The van der Waals surface area contributed by atoms with Gasteiger partial charge >= 0.3 is 12.1 Å². The molecule has 1 fully saturated rings. The average molecular weight is 437 g/mol. The zero-order valence-electron chi connectivity index (χ0n) is 18.0. The van der Waals surface area contributed by atoms with E-state index in [2.05, 4.69) is 22.8 Å². The molecular weight excluding hydrogens is 408 g/mol. The van der Waals surface area contributed by atoms with Gasteiger partial charge in [0.25, 0.3) is 0 Å². The molecule has 2 aliphatic carbocycles. The van der Waals surface area contributed by atoms with Crippen molar-refractivity contribution in [2.45, 2.75) is 50.6 Å². The third kappa shape index (κ3) is 4.61. The molecule has 0 aliphatic heterocycles. The van der Waals surface area contributed by atoms with E-state index >= 15 is 0 Å². The van der Waals surface area contributed by atoms with Crippen LogP contribution in [0.25, 0.3) is 11.1 Å². The largest absolute Gasteiger partial charge is 0.481 e. The van der Waals surface area contributed by atoms with Crippen LogP contribution in [0.15, 0.2) is 48.5 Å². The summed E-state index contributed by atoms with van der Waals surface area (Å²) in [6, 6.07) is 15.2. The summed E-state index contributed by atoms with van der Waals surface area (Å²) in [6.45, 7) is 1.77. The molecule has 3 N–H and O–H groups in total. The Morgan fingerprint density at radius 2 is 1.66 bits per heavy atom. The number of fused-ring (bicyclic) bond motifs is 3. The molecule has 0 radical (unpaired) electrons. The number of benzene rings is 2. The van der Waals surface area contributed by atoms with E-state index in [-0.39, 0.29) is 36.8 Å². The van der Waals surface area contributed by atoms with Crippen molar-refractivity contribution in [3.63, 3.8) is 0 Å². The molecule has 0 spiro atoms. The van der Waals surface area contributed by atoms with Gasteiger partial charge in [0.1, 0.15) is 12.6 Å². The maximum absolute atomic E-state index is 12.5. The van der Waals surface area contributed by atoms with Gasteiger partial charge in [-0.25, -0.2) is 4.79 Å². The summed E-state index contributed by atoms with van der Waals surface area (Å²) in [7, 11) is 0. The monoisotopic (exact) mass is 436 g/mol. The number of carbonyl (C=O) groups excluding carboxylic acids is 2. The fourth-order valence-electron chi connectivity index (χ4n) is 4.89. The Hall–Kier alpha value is -3.35. The minimum absolute atomic E-state index is 0.0408.